The molecular formula is C64H79Cl3FN8O18PS3. The van der Waals surface area contributed by atoms with Crippen molar-refractivity contribution in [1.29, 1.82) is 0 Å². The number of benzene rings is 4. The van der Waals surface area contributed by atoms with Crippen LogP contribution in [-0.4, -0.2) is 167 Å². The molecule has 0 bridgehead atoms. The molecule has 3 amide bonds. The van der Waals surface area contributed by atoms with Crippen LogP contribution in [0, 0.1) is 46.5 Å². The Morgan fingerprint density at radius 3 is 2.24 bits per heavy atom. The number of carboxylic acids is 1. The SMILES string of the molecule is C#CCN1C(=O)COc2cc(F)c(N=c3snc4n3CC(C)(C)C4)cc21.CC1COc2ccccc2N1C(=O)C(Cl)Cl.CCc1cccc(C)c1N(C(=O)CCl)C(C)COC.CS(=O)(=O)c1ccc(C(=O)C2C(=O)CCCC2=O)c([N+](=O)[O-])c1.C[S+](C)C.O=C(O)CNCP(=O)([O-])O. The maximum Gasteiger partial charge on any atom is 0.317 e. The summed E-state index contributed by atoms with van der Waals surface area (Å²) in [5, 5.41) is 21.1. The van der Waals surface area contributed by atoms with Crippen molar-refractivity contribution < 1.29 is 85.0 Å². The summed E-state index contributed by atoms with van der Waals surface area (Å²) in [4.78, 5) is 119. The largest absolute Gasteiger partial charge is 0.778 e. The lowest BCUT2D eigenvalue weighted by atomic mass is 9.81. The number of ether oxygens (including phenoxy) is 3. The summed E-state index contributed by atoms with van der Waals surface area (Å²) in [5.41, 5.74) is 3.44. The Morgan fingerprint density at radius 1 is 1.04 bits per heavy atom. The second-order valence-electron chi connectivity index (χ2n) is 23.6. The summed E-state index contributed by atoms with van der Waals surface area (Å²) in [5.74, 6) is -1.60. The number of terminal acetylenes is 1. The number of Topliss-reactive ketones (excluding diaryl/α,β-unsaturated/α-hetero) is 3. The number of amides is 3. The molecule has 9 rings (SSSR count). The number of nitrogens with zero attached hydrogens (tertiary/aromatic N) is 7. The number of nitro benzene ring substituents is 1. The summed E-state index contributed by atoms with van der Waals surface area (Å²) in [6.45, 7) is 13.5. The number of nitrogens with one attached hydrogen (secondary N) is 1. The number of rotatable bonds is 17. The molecule has 26 nitrogen and oxygen atoms in total. The summed E-state index contributed by atoms with van der Waals surface area (Å²) in [6.07, 6.45) is 14.3. The number of ketones is 3. The van der Waals surface area contributed by atoms with E-state index in [0.717, 1.165) is 72.2 Å². The van der Waals surface area contributed by atoms with Gasteiger partial charge < -0.3 is 48.0 Å². The lowest BCUT2D eigenvalue weighted by Crippen LogP contribution is -2.47. The molecule has 0 saturated heterocycles. The van der Waals surface area contributed by atoms with Gasteiger partial charge in [-0.25, -0.2) is 17.8 Å². The zero-order valence-corrected chi connectivity index (χ0v) is 61.4. The highest BCUT2D eigenvalue weighted by Crippen LogP contribution is 2.39. The summed E-state index contributed by atoms with van der Waals surface area (Å²) >= 11 is 18.3. The number of carbonyl (C=O) groups is 7. The molecule has 1 fully saturated rings. The maximum absolute atomic E-state index is 14.5. The van der Waals surface area contributed by atoms with Gasteiger partial charge in [0, 0.05) is 62.8 Å². The smallest absolute Gasteiger partial charge is 0.317 e. The number of nitro groups is 1. The molecule has 98 heavy (non-hydrogen) atoms. The third-order valence-electron chi connectivity index (χ3n) is 14.3. The van der Waals surface area contributed by atoms with E-state index >= 15 is 0 Å². The maximum atomic E-state index is 14.5. The number of carbonyl (C=O) groups excluding carboxylic acids is 6. The van der Waals surface area contributed by atoms with Gasteiger partial charge in [-0.15, -0.1) is 18.0 Å². The van der Waals surface area contributed by atoms with Crippen molar-refractivity contribution in [2.45, 2.75) is 102 Å². The van der Waals surface area contributed by atoms with Crippen LogP contribution in [0.2, 0.25) is 0 Å². The van der Waals surface area contributed by atoms with Crippen LogP contribution in [0.25, 0.3) is 0 Å². The number of aryl methyl sites for hydroxylation is 2. The molecule has 3 aliphatic heterocycles. The van der Waals surface area contributed by atoms with Gasteiger partial charge in [-0.05, 0) is 91.4 Å². The second-order valence-corrected chi connectivity index (χ2v) is 31.7. The van der Waals surface area contributed by atoms with Crippen LogP contribution < -0.4 is 39.2 Å². The van der Waals surface area contributed by atoms with Crippen LogP contribution in [0.4, 0.5) is 32.8 Å². The number of halogens is 4. The molecule has 4 aliphatic rings. The van der Waals surface area contributed by atoms with Crippen LogP contribution >= 0.6 is 53.9 Å². The molecule has 3 unspecified atom stereocenters. The van der Waals surface area contributed by atoms with Crippen molar-refractivity contribution in [2.75, 3.05) is 91.9 Å². The number of anilines is 3. The number of carboxylic acid groups (broad SMARTS) is 1. The molecular weight excluding hydrogens is 1420 g/mol. The molecule has 4 heterocycles. The fourth-order valence-corrected chi connectivity index (χ4v) is 12.2. The third kappa shape index (κ3) is 24.1. The first-order valence-corrected chi connectivity index (χ1v) is 38.2. The lowest BCUT2D eigenvalue weighted by Gasteiger charge is -2.35. The van der Waals surface area contributed by atoms with Crippen molar-refractivity contribution in [1.82, 2.24) is 14.3 Å². The average molecular weight is 1500 g/mol. The zero-order chi connectivity index (χ0) is 73.7. The van der Waals surface area contributed by atoms with Gasteiger partial charge in [0.05, 0.1) is 89.3 Å². The molecule has 534 valence electrons. The number of fused-ring (bicyclic) bond motifs is 3. The number of sulfone groups is 1. The van der Waals surface area contributed by atoms with Gasteiger partial charge in [0.1, 0.15) is 49.0 Å². The second kappa shape index (κ2) is 37.9. The quantitative estimate of drug-likeness (QED) is 0.0117. The van der Waals surface area contributed by atoms with E-state index in [2.05, 4.69) is 60.9 Å². The van der Waals surface area contributed by atoms with Crippen molar-refractivity contribution in [3.05, 3.63) is 116 Å². The molecule has 0 spiro atoms. The van der Waals surface area contributed by atoms with Gasteiger partial charge in [0.2, 0.25) is 10.7 Å². The predicted molar refractivity (Wildman–Crippen MR) is 374 cm³/mol. The molecule has 1 saturated carbocycles. The molecule has 5 aromatic rings. The monoisotopic (exact) mass is 1500 g/mol. The summed E-state index contributed by atoms with van der Waals surface area (Å²) in [7, 11) is -5.77. The highest BCUT2D eigenvalue weighted by atomic mass is 35.5. The van der Waals surface area contributed by atoms with E-state index in [4.69, 9.17) is 65.4 Å². The van der Waals surface area contributed by atoms with E-state index in [1.165, 1.54) is 28.6 Å². The summed E-state index contributed by atoms with van der Waals surface area (Å²) in [6, 6.07) is 18.9. The first-order valence-electron chi connectivity index (χ1n) is 29.9. The van der Waals surface area contributed by atoms with Gasteiger partial charge in [-0.2, -0.15) is 4.37 Å². The van der Waals surface area contributed by atoms with Crippen LogP contribution in [0.1, 0.15) is 81.2 Å². The third-order valence-corrected chi connectivity index (χ3v) is 17.4. The Balaban J connectivity index is 0.000000264. The fraction of sp³-hybridized carbons (Fsp3) is 0.453. The molecule has 3 atom stereocenters. The summed E-state index contributed by atoms with van der Waals surface area (Å²) < 4.78 is 69.9. The number of alkyl halides is 3. The van der Waals surface area contributed by atoms with Gasteiger partial charge >= 0.3 is 5.97 Å². The Hall–Kier alpha value is -7.14. The Kier molecular flexibility index (Phi) is 32.2. The molecule has 0 radical (unpaired) electrons. The van der Waals surface area contributed by atoms with Crippen molar-refractivity contribution in [3.63, 3.8) is 0 Å². The zero-order valence-electron chi connectivity index (χ0n) is 55.7. The van der Waals surface area contributed by atoms with Gasteiger partial charge in [0.15, 0.2) is 44.4 Å². The van der Waals surface area contributed by atoms with Gasteiger partial charge in [0.25, 0.3) is 17.5 Å². The fourth-order valence-electron chi connectivity index (χ4n) is 10.1. The first kappa shape index (κ1) is 83.3. The van der Waals surface area contributed by atoms with E-state index in [0.29, 0.717) is 52.5 Å². The van der Waals surface area contributed by atoms with E-state index in [1.807, 2.05) is 67.1 Å². The Labute approximate surface area is 589 Å². The van der Waals surface area contributed by atoms with Crippen LogP contribution in [0.5, 0.6) is 11.5 Å². The molecule has 34 heteroatoms. The highest BCUT2D eigenvalue weighted by Gasteiger charge is 2.40. The normalized spacial score (nSPS) is 16.2. The van der Waals surface area contributed by atoms with Crippen LogP contribution in [0.15, 0.2) is 82.7 Å². The highest BCUT2D eigenvalue weighted by molar-refractivity contribution is 7.94. The minimum absolute atomic E-state index is 0.0223. The lowest BCUT2D eigenvalue weighted by molar-refractivity contribution is -0.385. The van der Waals surface area contributed by atoms with E-state index in [9.17, 15) is 65.9 Å². The minimum Gasteiger partial charge on any atom is -0.778 e. The number of aromatic nitrogens is 2. The standard InChI is InChI=1S/C18H17FN4O2S.C15H22ClNO2.C14H13NO7S.C11H11Cl2NO2.C3H8NO5P.C3H9S/c1-4-5-22-13-7-12(11(19)6-14(13)25-9-16(22)24)20-17-23-10-18(2,3)8-15(23)21-26-17;1-5-13-8-6-7-11(2)15(13)17(14(18)9-16)12(3)10-19-4;1-23(21,22)8-5-6-9(10(7-8)15(19)20)14(18)13-11(16)3-2-4-12(13)17;1-7-6-16-9-5-3-2-4-8(9)14(7)11(15)10(12)13;5-3(6)1-4-2-10(7,8)9;1-4(2)3/h1,6-7H,5,8-10H2,2-3H3;6-8,12H,5,9-10H2,1-4H3;5-7,13H,2-4H2,1H3;2-5,7,10H,6H2,1H3;4H,1-2H2,(H,5,6)(H2,7,8,9);1-3H3/q;;;;;+1/p-1. The van der Waals surface area contributed by atoms with Gasteiger partial charge in [-0.3, -0.25) is 53.9 Å². The van der Waals surface area contributed by atoms with Crippen molar-refractivity contribution in [3.8, 4) is 23.8 Å². The molecule has 4 aromatic carbocycles. The molecule has 1 aliphatic carbocycles. The number of hydrogen-bond acceptors (Lipinski definition) is 20. The first-order chi connectivity index (χ1) is 45.8. The van der Waals surface area contributed by atoms with Crippen LogP contribution in [0.3, 0.4) is 0 Å². The number of aliphatic carboxylic acids is 1. The predicted octanol–water partition coefficient (Wildman–Crippen LogP) is 7.80. The van der Waals surface area contributed by atoms with E-state index < -0.39 is 86.3 Å². The Morgan fingerprint density at radius 2 is 1.68 bits per heavy atom. The molecule has 3 N–H and O–H groups in total. The minimum atomic E-state index is -4.35. The average Bonchev–Trinajstić information content (AvgIpc) is 1.38. The van der Waals surface area contributed by atoms with E-state index in [-0.39, 0.29) is 77.7 Å². The topological polar surface area (TPSA) is 357 Å². The van der Waals surface area contributed by atoms with E-state index in [1.54, 1.807) is 16.9 Å². The van der Waals surface area contributed by atoms with Crippen molar-refractivity contribution >= 4 is 144 Å². The van der Waals surface area contributed by atoms with Gasteiger partial charge in [-0.1, -0.05) is 80.2 Å². The molecule has 1 aromatic heterocycles. The van der Waals surface area contributed by atoms with Crippen molar-refractivity contribution in [2.24, 2.45) is 16.3 Å². The number of hydrogen-bond donors (Lipinski definition) is 3. The number of methoxy groups -OCH3 is 1. The Bertz CT molecular complexity index is 3990. The number of para-hydroxylation sites is 3. The van der Waals surface area contributed by atoms with Crippen LogP contribution in [-0.2, 0) is 78.2 Å².